The largest absolute Gasteiger partial charge is 0.348 e. The Morgan fingerprint density at radius 1 is 1.35 bits per heavy atom. The third-order valence-electron chi connectivity index (χ3n) is 4.33. The van der Waals surface area contributed by atoms with Crippen LogP contribution in [-0.2, 0) is 11.2 Å². The fraction of sp³-hybridized carbons (Fsp3) is 0.467. The molecule has 1 spiro atoms. The topological polar surface area (TPSA) is 61.4 Å². The van der Waals surface area contributed by atoms with Crippen molar-refractivity contribution in [2.24, 2.45) is 5.92 Å². The number of hydrogen-bond acceptors (Lipinski definition) is 3. The van der Waals surface area contributed by atoms with Gasteiger partial charge in [0, 0.05) is 32.7 Å². The van der Waals surface area contributed by atoms with E-state index in [-0.39, 0.29) is 17.7 Å². The second-order valence-corrected chi connectivity index (χ2v) is 5.86. The normalized spacial score (nSPS) is 28.1. The van der Waals surface area contributed by atoms with Crippen molar-refractivity contribution in [2.75, 3.05) is 27.2 Å². The van der Waals surface area contributed by atoms with E-state index in [9.17, 15) is 9.59 Å². The molecule has 0 bridgehead atoms. The van der Waals surface area contributed by atoms with Crippen LogP contribution in [0, 0.1) is 5.92 Å². The van der Waals surface area contributed by atoms with Crippen LogP contribution in [0.1, 0.15) is 15.9 Å². The van der Waals surface area contributed by atoms with Crippen LogP contribution in [0.15, 0.2) is 24.3 Å². The molecule has 2 atom stereocenters. The summed E-state index contributed by atoms with van der Waals surface area (Å²) in [6, 6.07) is 7.62. The van der Waals surface area contributed by atoms with E-state index in [1.165, 1.54) is 0 Å². The van der Waals surface area contributed by atoms with Crippen molar-refractivity contribution >= 4 is 11.8 Å². The maximum atomic E-state index is 12.4. The van der Waals surface area contributed by atoms with Crippen molar-refractivity contribution < 1.29 is 9.59 Å². The number of benzene rings is 1. The van der Waals surface area contributed by atoms with Gasteiger partial charge in [-0.3, -0.25) is 9.59 Å². The van der Waals surface area contributed by atoms with Crippen LogP contribution >= 0.6 is 0 Å². The van der Waals surface area contributed by atoms with E-state index in [0.717, 1.165) is 11.1 Å². The van der Waals surface area contributed by atoms with E-state index in [0.29, 0.717) is 19.5 Å². The van der Waals surface area contributed by atoms with Crippen LogP contribution in [0.5, 0.6) is 0 Å². The van der Waals surface area contributed by atoms with Gasteiger partial charge in [-0.05, 0) is 18.1 Å². The molecule has 20 heavy (non-hydrogen) atoms. The molecule has 0 unspecified atom stereocenters. The molecule has 1 fully saturated rings. The molecule has 1 aromatic carbocycles. The molecule has 1 saturated heterocycles. The SMILES string of the molecule is CN(C)C(=O)[C@H]1CNC[C@]12Cc1ccccc1C(=O)N2. The molecular formula is C15H19N3O2. The molecule has 0 aliphatic carbocycles. The van der Waals surface area contributed by atoms with Crippen LogP contribution in [0.2, 0.25) is 0 Å². The predicted octanol–water partition coefficient (Wildman–Crippen LogP) is 0.0189. The highest BCUT2D eigenvalue weighted by atomic mass is 16.2. The summed E-state index contributed by atoms with van der Waals surface area (Å²) >= 11 is 0. The first-order chi connectivity index (χ1) is 9.53. The second-order valence-electron chi connectivity index (χ2n) is 5.86. The van der Waals surface area contributed by atoms with Crippen LogP contribution in [0.25, 0.3) is 0 Å². The molecule has 2 N–H and O–H groups in total. The third kappa shape index (κ3) is 1.89. The quantitative estimate of drug-likeness (QED) is 0.758. The molecule has 106 valence electrons. The molecule has 2 aliphatic heterocycles. The Bertz CT molecular complexity index is 570. The lowest BCUT2D eigenvalue weighted by Crippen LogP contribution is -2.61. The maximum absolute atomic E-state index is 12.4. The van der Waals surface area contributed by atoms with Gasteiger partial charge < -0.3 is 15.5 Å². The number of amides is 2. The van der Waals surface area contributed by atoms with Gasteiger partial charge >= 0.3 is 0 Å². The lowest BCUT2D eigenvalue weighted by molar-refractivity contribution is -0.134. The van der Waals surface area contributed by atoms with E-state index in [4.69, 9.17) is 0 Å². The fourth-order valence-electron chi connectivity index (χ4n) is 3.28. The summed E-state index contributed by atoms with van der Waals surface area (Å²) in [4.78, 5) is 26.3. The third-order valence-corrected chi connectivity index (χ3v) is 4.33. The Morgan fingerprint density at radius 3 is 2.85 bits per heavy atom. The van der Waals surface area contributed by atoms with Crippen LogP contribution in [0.4, 0.5) is 0 Å². The minimum Gasteiger partial charge on any atom is -0.348 e. The maximum Gasteiger partial charge on any atom is 0.252 e. The Morgan fingerprint density at radius 2 is 2.10 bits per heavy atom. The standard InChI is InChI=1S/C15H19N3O2/c1-18(2)14(20)12-8-16-9-15(12)7-10-5-3-4-6-11(10)13(19)17-15/h3-6,12,16H,7-9H2,1-2H3,(H,17,19)/t12-,15-/m1/s1. The summed E-state index contributed by atoms with van der Waals surface area (Å²) in [6.07, 6.45) is 0.701. The second kappa shape index (κ2) is 4.59. The number of fused-ring (bicyclic) bond motifs is 1. The highest BCUT2D eigenvalue weighted by Gasteiger charge is 2.50. The van der Waals surface area contributed by atoms with E-state index < -0.39 is 5.54 Å². The van der Waals surface area contributed by atoms with Crippen molar-refractivity contribution in [3.8, 4) is 0 Å². The summed E-state index contributed by atoms with van der Waals surface area (Å²) in [5.41, 5.74) is 1.25. The molecule has 3 rings (SSSR count). The highest BCUT2D eigenvalue weighted by molar-refractivity contribution is 5.98. The van der Waals surface area contributed by atoms with E-state index in [1.54, 1.807) is 19.0 Å². The first-order valence-corrected chi connectivity index (χ1v) is 6.86. The van der Waals surface area contributed by atoms with Gasteiger partial charge in [-0.1, -0.05) is 18.2 Å². The Hall–Kier alpha value is -1.88. The Labute approximate surface area is 118 Å². The summed E-state index contributed by atoms with van der Waals surface area (Å²) in [5, 5.41) is 6.34. The molecule has 0 aromatic heterocycles. The summed E-state index contributed by atoms with van der Waals surface area (Å²) in [5.74, 6) is -0.225. The smallest absolute Gasteiger partial charge is 0.252 e. The van der Waals surface area contributed by atoms with Gasteiger partial charge in [-0.15, -0.1) is 0 Å². The zero-order valence-electron chi connectivity index (χ0n) is 11.8. The summed E-state index contributed by atoms with van der Waals surface area (Å²) in [7, 11) is 3.51. The zero-order chi connectivity index (χ0) is 14.3. The molecule has 2 amide bonds. The number of nitrogens with one attached hydrogen (secondary N) is 2. The first-order valence-electron chi connectivity index (χ1n) is 6.86. The Kier molecular flexibility index (Phi) is 3.01. The van der Waals surface area contributed by atoms with Crippen molar-refractivity contribution in [3.63, 3.8) is 0 Å². The van der Waals surface area contributed by atoms with Gasteiger partial charge in [-0.2, -0.15) is 0 Å². The number of hydrogen-bond donors (Lipinski definition) is 2. The number of nitrogens with zero attached hydrogens (tertiary/aromatic N) is 1. The van der Waals surface area contributed by atoms with E-state index >= 15 is 0 Å². The number of carbonyl (C=O) groups excluding carboxylic acids is 2. The van der Waals surface area contributed by atoms with Crippen LogP contribution < -0.4 is 10.6 Å². The molecule has 2 aliphatic rings. The van der Waals surface area contributed by atoms with Crippen molar-refractivity contribution in [1.82, 2.24) is 15.5 Å². The monoisotopic (exact) mass is 273 g/mol. The summed E-state index contributed by atoms with van der Waals surface area (Å²) in [6.45, 7) is 1.25. The molecular weight excluding hydrogens is 254 g/mol. The van der Waals surface area contributed by atoms with Crippen molar-refractivity contribution in [2.45, 2.75) is 12.0 Å². The van der Waals surface area contributed by atoms with Gasteiger partial charge in [0.2, 0.25) is 5.91 Å². The van der Waals surface area contributed by atoms with Crippen molar-refractivity contribution in [1.29, 1.82) is 0 Å². The molecule has 5 heteroatoms. The van der Waals surface area contributed by atoms with Gasteiger partial charge in [-0.25, -0.2) is 0 Å². The van der Waals surface area contributed by atoms with Crippen LogP contribution in [0.3, 0.4) is 0 Å². The minimum atomic E-state index is -0.493. The molecule has 2 heterocycles. The first kappa shape index (κ1) is 13.1. The van der Waals surface area contributed by atoms with E-state index in [1.807, 2.05) is 24.3 Å². The lowest BCUT2D eigenvalue weighted by atomic mass is 9.77. The fourth-order valence-corrected chi connectivity index (χ4v) is 3.28. The van der Waals surface area contributed by atoms with Gasteiger partial charge in [0.1, 0.15) is 0 Å². The Balaban J connectivity index is 1.98. The number of carbonyl (C=O) groups is 2. The molecule has 1 aromatic rings. The minimum absolute atomic E-state index is 0.0645. The summed E-state index contributed by atoms with van der Waals surface area (Å²) < 4.78 is 0. The average molecular weight is 273 g/mol. The predicted molar refractivity (Wildman–Crippen MR) is 75.4 cm³/mol. The highest BCUT2D eigenvalue weighted by Crippen LogP contribution is 2.32. The molecule has 0 radical (unpaired) electrons. The zero-order valence-corrected chi connectivity index (χ0v) is 11.8. The van der Waals surface area contributed by atoms with Gasteiger partial charge in [0.05, 0.1) is 11.5 Å². The van der Waals surface area contributed by atoms with Gasteiger partial charge in [0.25, 0.3) is 5.91 Å². The molecule has 5 nitrogen and oxygen atoms in total. The lowest BCUT2D eigenvalue weighted by Gasteiger charge is -2.39. The van der Waals surface area contributed by atoms with Crippen molar-refractivity contribution in [3.05, 3.63) is 35.4 Å². The molecule has 0 saturated carbocycles. The van der Waals surface area contributed by atoms with Gasteiger partial charge in [0.15, 0.2) is 0 Å². The number of rotatable bonds is 1. The van der Waals surface area contributed by atoms with E-state index in [2.05, 4.69) is 10.6 Å². The average Bonchev–Trinajstić information content (AvgIpc) is 2.80. The van der Waals surface area contributed by atoms with Crippen LogP contribution in [-0.4, -0.2) is 49.4 Å².